The number of fused-ring (bicyclic) bond motifs is 1. The monoisotopic (exact) mass is 336 g/mol. The fourth-order valence-electron chi connectivity index (χ4n) is 2.34. The summed E-state index contributed by atoms with van der Waals surface area (Å²) in [6, 6.07) is 8.01. The molecule has 0 aliphatic heterocycles. The Kier molecular flexibility index (Phi) is 4.65. The summed E-state index contributed by atoms with van der Waals surface area (Å²) in [4.78, 5) is 11.7. The third-order valence-electron chi connectivity index (χ3n) is 3.24. The number of ether oxygens (including phenoxy) is 2. The summed E-state index contributed by atoms with van der Waals surface area (Å²) in [5.41, 5.74) is 1.91. The molecule has 0 fully saturated rings. The molecule has 0 radical (unpaired) electrons. The molecule has 4 heteroatoms. The van der Waals surface area contributed by atoms with Crippen LogP contribution in [0.2, 0.25) is 0 Å². The van der Waals surface area contributed by atoms with Gasteiger partial charge in [0.15, 0.2) is 0 Å². The van der Waals surface area contributed by atoms with Gasteiger partial charge in [-0.1, -0.05) is 28.1 Å². The van der Waals surface area contributed by atoms with Crippen LogP contribution in [-0.2, 0) is 16.0 Å². The standard InChI is InChI=1S/C16H17BrO3/c1-4-20-15(18)9-12-10(2)8-13-11(16(12)19-3)6-5-7-14(13)17/h5-8H,4,9H2,1-3H3. The van der Waals surface area contributed by atoms with Crippen molar-refractivity contribution in [3.05, 3.63) is 39.9 Å². The molecule has 106 valence electrons. The Hall–Kier alpha value is -1.55. The lowest BCUT2D eigenvalue weighted by atomic mass is 9.98. The fourth-order valence-corrected chi connectivity index (χ4v) is 2.82. The second kappa shape index (κ2) is 6.27. The Labute approximate surface area is 127 Å². The lowest BCUT2D eigenvalue weighted by Gasteiger charge is -2.15. The lowest BCUT2D eigenvalue weighted by molar-refractivity contribution is -0.142. The fraction of sp³-hybridized carbons (Fsp3) is 0.312. The van der Waals surface area contributed by atoms with E-state index in [1.807, 2.05) is 25.1 Å². The van der Waals surface area contributed by atoms with Crippen molar-refractivity contribution >= 4 is 32.7 Å². The molecule has 0 unspecified atom stereocenters. The highest BCUT2D eigenvalue weighted by atomic mass is 79.9. The molecule has 2 rings (SSSR count). The number of hydrogen-bond donors (Lipinski definition) is 0. The van der Waals surface area contributed by atoms with Gasteiger partial charge >= 0.3 is 5.97 Å². The van der Waals surface area contributed by atoms with E-state index < -0.39 is 0 Å². The van der Waals surface area contributed by atoms with Gasteiger partial charge in [0.25, 0.3) is 0 Å². The van der Waals surface area contributed by atoms with Crippen molar-refractivity contribution < 1.29 is 14.3 Å². The number of hydrogen-bond acceptors (Lipinski definition) is 3. The first-order chi connectivity index (χ1) is 9.58. The molecule has 0 saturated heterocycles. The van der Waals surface area contributed by atoms with Crippen molar-refractivity contribution in [3.8, 4) is 5.75 Å². The molecule has 2 aromatic rings. The van der Waals surface area contributed by atoms with Crippen LogP contribution in [0.15, 0.2) is 28.7 Å². The van der Waals surface area contributed by atoms with Gasteiger partial charge in [0, 0.05) is 15.4 Å². The van der Waals surface area contributed by atoms with Crippen LogP contribution in [0.5, 0.6) is 5.75 Å². The predicted octanol–water partition coefficient (Wildman–Crippen LogP) is 4.02. The van der Waals surface area contributed by atoms with Crippen LogP contribution in [0.1, 0.15) is 18.1 Å². The second-order valence-electron chi connectivity index (χ2n) is 4.52. The average molecular weight is 337 g/mol. The van der Waals surface area contributed by atoms with E-state index in [2.05, 4.69) is 22.0 Å². The minimum absolute atomic E-state index is 0.227. The maximum atomic E-state index is 11.7. The van der Waals surface area contributed by atoms with Gasteiger partial charge < -0.3 is 9.47 Å². The van der Waals surface area contributed by atoms with Gasteiger partial charge in [0.2, 0.25) is 0 Å². The number of rotatable bonds is 4. The van der Waals surface area contributed by atoms with Crippen LogP contribution in [-0.4, -0.2) is 19.7 Å². The molecule has 2 aromatic carbocycles. The summed E-state index contributed by atoms with van der Waals surface area (Å²) < 4.78 is 11.6. The maximum Gasteiger partial charge on any atom is 0.310 e. The quantitative estimate of drug-likeness (QED) is 0.791. The van der Waals surface area contributed by atoms with Gasteiger partial charge in [-0.15, -0.1) is 0 Å². The predicted molar refractivity (Wildman–Crippen MR) is 83.3 cm³/mol. The van der Waals surface area contributed by atoms with Crippen LogP contribution in [0.3, 0.4) is 0 Å². The van der Waals surface area contributed by atoms with Crippen LogP contribution in [0.4, 0.5) is 0 Å². The molecule has 0 bridgehead atoms. The molecule has 0 aliphatic rings. The Morgan fingerprint density at radius 3 is 2.70 bits per heavy atom. The molecule has 3 nitrogen and oxygen atoms in total. The first-order valence-electron chi connectivity index (χ1n) is 6.48. The lowest BCUT2D eigenvalue weighted by Crippen LogP contribution is -2.10. The molecule has 20 heavy (non-hydrogen) atoms. The van der Waals surface area contributed by atoms with Gasteiger partial charge in [-0.25, -0.2) is 0 Å². The van der Waals surface area contributed by atoms with Gasteiger partial charge in [-0.05, 0) is 36.9 Å². The highest BCUT2D eigenvalue weighted by Crippen LogP contribution is 2.36. The molecule has 0 atom stereocenters. The SMILES string of the molecule is CCOC(=O)Cc1c(C)cc2c(Br)cccc2c1OC. The zero-order valence-electron chi connectivity index (χ0n) is 11.8. The number of halogens is 1. The maximum absolute atomic E-state index is 11.7. The second-order valence-corrected chi connectivity index (χ2v) is 5.38. The number of benzene rings is 2. The van der Waals surface area contributed by atoms with Crippen LogP contribution < -0.4 is 4.74 Å². The summed E-state index contributed by atoms with van der Waals surface area (Å²) in [5.74, 6) is 0.512. The molecule has 0 aliphatic carbocycles. The molecule has 0 N–H and O–H groups in total. The molecule has 0 heterocycles. The zero-order chi connectivity index (χ0) is 14.7. The van der Waals surface area contributed by atoms with Gasteiger partial charge in [-0.2, -0.15) is 0 Å². The molecular formula is C16H17BrO3. The van der Waals surface area contributed by atoms with E-state index in [0.717, 1.165) is 32.1 Å². The van der Waals surface area contributed by atoms with E-state index in [4.69, 9.17) is 9.47 Å². The first kappa shape index (κ1) is 14.9. The van der Waals surface area contributed by atoms with E-state index in [9.17, 15) is 4.79 Å². The molecule has 0 amide bonds. The Bertz CT molecular complexity index is 650. The first-order valence-corrected chi connectivity index (χ1v) is 7.28. The smallest absolute Gasteiger partial charge is 0.310 e. The number of carbonyl (C=O) groups excluding carboxylic acids is 1. The van der Waals surface area contributed by atoms with Crippen LogP contribution in [0, 0.1) is 6.92 Å². The Morgan fingerprint density at radius 1 is 1.30 bits per heavy atom. The normalized spacial score (nSPS) is 10.6. The minimum atomic E-state index is -0.233. The zero-order valence-corrected chi connectivity index (χ0v) is 13.4. The van der Waals surface area contributed by atoms with Crippen molar-refractivity contribution in [1.29, 1.82) is 0 Å². The molecular weight excluding hydrogens is 320 g/mol. The van der Waals surface area contributed by atoms with Crippen molar-refractivity contribution in [1.82, 2.24) is 0 Å². The van der Waals surface area contributed by atoms with Crippen LogP contribution >= 0.6 is 15.9 Å². The van der Waals surface area contributed by atoms with Crippen molar-refractivity contribution in [3.63, 3.8) is 0 Å². The summed E-state index contributed by atoms with van der Waals surface area (Å²) in [5, 5.41) is 2.07. The Morgan fingerprint density at radius 2 is 2.05 bits per heavy atom. The van der Waals surface area contributed by atoms with Crippen molar-refractivity contribution in [2.75, 3.05) is 13.7 Å². The number of esters is 1. The highest BCUT2D eigenvalue weighted by Gasteiger charge is 2.16. The van der Waals surface area contributed by atoms with Gasteiger partial charge in [-0.3, -0.25) is 4.79 Å². The van der Waals surface area contributed by atoms with E-state index in [0.29, 0.717) is 6.61 Å². The summed E-state index contributed by atoms with van der Waals surface area (Å²) in [7, 11) is 1.63. The third kappa shape index (κ3) is 2.80. The number of methoxy groups -OCH3 is 1. The number of aryl methyl sites for hydroxylation is 1. The van der Waals surface area contributed by atoms with E-state index in [-0.39, 0.29) is 12.4 Å². The average Bonchev–Trinajstić information content (AvgIpc) is 2.41. The van der Waals surface area contributed by atoms with Gasteiger partial charge in [0.1, 0.15) is 5.75 Å². The van der Waals surface area contributed by atoms with E-state index in [1.54, 1.807) is 14.0 Å². The summed E-state index contributed by atoms with van der Waals surface area (Å²) in [6.07, 6.45) is 0.227. The third-order valence-corrected chi connectivity index (χ3v) is 3.93. The summed E-state index contributed by atoms with van der Waals surface area (Å²) >= 11 is 3.55. The summed E-state index contributed by atoms with van der Waals surface area (Å²) in [6.45, 7) is 4.18. The van der Waals surface area contributed by atoms with Crippen molar-refractivity contribution in [2.45, 2.75) is 20.3 Å². The van der Waals surface area contributed by atoms with E-state index in [1.165, 1.54) is 0 Å². The Balaban J connectivity index is 2.59. The topological polar surface area (TPSA) is 35.5 Å². The minimum Gasteiger partial charge on any atom is -0.496 e. The molecule has 0 spiro atoms. The van der Waals surface area contributed by atoms with Gasteiger partial charge in [0.05, 0.1) is 20.1 Å². The number of carbonyl (C=O) groups is 1. The van der Waals surface area contributed by atoms with Crippen LogP contribution in [0.25, 0.3) is 10.8 Å². The molecule has 0 aromatic heterocycles. The van der Waals surface area contributed by atoms with Crippen molar-refractivity contribution in [2.24, 2.45) is 0 Å². The molecule has 0 saturated carbocycles. The highest BCUT2D eigenvalue weighted by molar-refractivity contribution is 9.10. The largest absolute Gasteiger partial charge is 0.496 e. The van der Waals surface area contributed by atoms with E-state index >= 15 is 0 Å².